The topological polar surface area (TPSA) is 64.0 Å². The molecule has 2 aromatic carbocycles. The molecule has 6 heteroatoms. The number of carbonyl (C=O) groups is 1. The van der Waals surface area contributed by atoms with Crippen LogP contribution < -0.4 is 9.47 Å². The van der Waals surface area contributed by atoms with Gasteiger partial charge in [0, 0.05) is 18.3 Å². The minimum atomic E-state index is -0.174. The third-order valence-corrected chi connectivity index (χ3v) is 6.68. The first-order chi connectivity index (χ1) is 17.7. The molecule has 1 aromatic heterocycles. The number of ether oxygens (including phenoxy) is 2. The molecule has 1 fully saturated rings. The molecule has 0 unspecified atom stereocenters. The van der Waals surface area contributed by atoms with E-state index in [4.69, 9.17) is 14.6 Å². The number of carbonyl (C=O) groups excluding carboxylic acids is 1. The third kappa shape index (κ3) is 4.89. The highest BCUT2D eigenvalue weighted by atomic mass is 16.5. The summed E-state index contributed by atoms with van der Waals surface area (Å²) in [6, 6.07) is 19.6. The Bertz CT molecular complexity index is 1250. The fourth-order valence-corrected chi connectivity index (χ4v) is 5.08. The normalized spacial score (nSPS) is 20.1. The Hall–Kier alpha value is -3.93. The first-order valence-corrected chi connectivity index (χ1v) is 12.7. The van der Waals surface area contributed by atoms with Crippen LogP contribution in [0.4, 0.5) is 0 Å². The molecule has 6 nitrogen and oxygen atoms in total. The number of rotatable bonds is 7. The molecule has 1 aliphatic carbocycles. The van der Waals surface area contributed by atoms with Gasteiger partial charge in [-0.15, -0.1) is 0 Å². The molecule has 2 heterocycles. The van der Waals surface area contributed by atoms with Crippen molar-refractivity contribution in [2.24, 2.45) is 11.0 Å². The molecule has 36 heavy (non-hydrogen) atoms. The van der Waals surface area contributed by atoms with Crippen molar-refractivity contribution in [2.45, 2.75) is 39.2 Å². The molecule has 1 saturated carbocycles. The van der Waals surface area contributed by atoms with Gasteiger partial charge in [0.15, 0.2) is 0 Å². The van der Waals surface area contributed by atoms with Crippen LogP contribution in [0, 0.1) is 5.92 Å². The van der Waals surface area contributed by atoms with E-state index in [0.717, 1.165) is 47.6 Å². The first kappa shape index (κ1) is 23.8. The van der Waals surface area contributed by atoms with E-state index in [1.165, 1.54) is 5.57 Å². The maximum Gasteiger partial charge on any atom is 0.276 e. The first-order valence-electron chi connectivity index (χ1n) is 12.7. The molecule has 2 aliphatic rings. The molecule has 1 aliphatic heterocycles. The Balaban J connectivity index is 1.51. The predicted octanol–water partition coefficient (Wildman–Crippen LogP) is 6.32. The van der Waals surface area contributed by atoms with E-state index in [-0.39, 0.29) is 17.9 Å². The number of hydrogen-bond acceptors (Lipinski definition) is 5. The minimum Gasteiger partial charge on any atom is -0.494 e. The second-order valence-electron chi connectivity index (χ2n) is 8.99. The second kappa shape index (κ2) is 10.8. The van der Waals surface area contributed by atoms with E-state index in [1.807, 2.05) is 38.1 Å². The lowest BCUT2D eigenvalue weighted by Crippen LogP contribution is -2.32. The van der Waals surface area contributed by atoms with Crippen molar-refractivity contribution >= 4 is 17.7 Å². The molecule has 1 amide bonds. The molecule has 184 valence electrons. The zero-order valence-corrected chi connectivity index (χ0v) is 20.8. The van der Waals surface area contributed by atoms with Crippen molar-refractivity contribution < 1.29 is 14.3 Å². The molecule has 2 atom stereocenters. The fraction of sp³-hybridized carbons (Fsp3) is 0.300. The van der Waals surface area contributed by atoms with E-state index in [2.05, 4.69) is 35.3 Å². The number of hydrogen-bond donors (Lipinski definition) is 0. The van der Waals surface area contributed by atoms with Gasteiger partial charge in [-0.05, 0) is 92.3 Å². The summed E-state index contributed by atoms with van der Waals surface area (Å²) in [6.07, 6.45) is 8.45. The van der Waals surface area contributed by atoms with Crippen molar-refractivity contribution in [2.75, 3.05) is 13.2 Å². The number of pyridine rings is 1. The van der Waals surface area contributed by atoms with Crippen LogP contribution in [0.3, 0.4) is 0 Å². The van der Waals surface area contributed by atoms with Crippen LogP contribution in [0.15, 0.2) is 83.7 Å². The lowest BCUT2D eigenvalue weighted by atomic mass is 9.77. The third-order valence-electron chi connectivity index (χ3n) is 6.68. The number of aromatic nitrogens is 1. The monoisotopic (exact) mass is 481 g/mol. The number of hydrazone groups is 1. The summed E-state index contributed by atoms with van der Waals surface area (Å²) in [6.45, 7) is 5.21. The number of fused-ring (bicyclic) bond motifs is 1. The van der Waals surface area contributed by atoms with Gasteiger partial charge in [0.05, 0.1) is 30.5 Å². The van der Waals surface area contributed by atoms with Crippen LogP contribution in [-0.4, -0.2) is 34.8 Å². The van der Waals surface area contributed by atoms with Crippen molar-refractivity contribution in [1.29, 1.82) is 0 Å². The van der Waals surface area contributed by atoms with Gasteiger partial charge in [-0.25, -0.2) is 5.01 Å². The zero-order chi connectivity index (χ0) is 24.9. The van der Waals surface area contributed by atoms with Crippen LogP contribution >= 0.6 is 0 Å². The highest BCUT2D eigenvalue weighted by Crippen LogP contribution is 2.45. The van der Waals surface area contributed by atoms with Crippen molar-refractivity contribution in [1.82, 2.24) is 9.99 Å². The molecule has 3 aromatic rings. The lowest BCUT2D eigenvalue weighted by Gasteiger charge is -2.29. The molecular formula is C30H31N3O3. The standard InChI is InChI=1S/C30H31N3O3/c1-3-35-25-14-10-21(11-15-25)19-23-7-5-9-27-28(23)32-33(30(34)24-8-6-18-31-20-24)29(27)22-12-16-26(17-13-22)36-4-2/h6,8,10-20,27,29H,3-5,7,9H2,1-2H3/b23-19-/t27-,29+/m1/s1. The van der Waals surface area contributed by atoms with Crippen LogP contribution in [0.1, 0.15) is 60.6 Å². The van der Waals surface area contributed by atoms with Gasteiger partial charge in [-0.1, -0.05) is 24.3 Å². The van der Waals surface area contributed by atoms with Crippen LogP contribution in [0.25, 0.3) is 6.08 Å². The van der Waals surface area contributed by atoms with E-state index in [9.17, 15) is 4.79 Å². The Kier molecular flexibility index (Phi) is 7.12. The quantitative estimate of drug-likeness (QED) is 0.396. The van der Waals surface area contributed by atoms with E-state index in [0.29, 0.717) is 18.8 Å². The summed E-state index contributed by atoms with van der Waals surface area (Å²) < 4.78 is 11.2. The molecule has 0 spiro atoms. The summed E-state index contributed by atoms with van der Waals surface area (Å²) >= 11 is 0. The van der Waals surface area contributed by atoms with Gasteiger partial charge in [0.1, 0.15) is 11.5 Å². The molecular weight excluding hydrogens is 450 g/mol. The maximum absolute atomic E-state index is 13.6. The highest BCUT2D eigenvalue weighted by molar-refractivity contribution is 6.09. The van der Waals surface area contributed by atoms with E-state index < -0.39 is 0 Å². The molecule has 0 saturated heterocycles. The summed E-state index contributed by atoms with van der Waals surface area (Å²) in [4.78, 5) is 17.8. The Morgan fingerprint density at radius 2 is 1.69 bits per heavy atom. The number of nitrogens with zero attached hydrogens (tertiary/aromatic N) is 3. The van der Waals surface area contributed by atoms with Gasteiger partial charge in [-0.2, -0.15) is 5.10 Å². The van der Waals surface area contributed by atoms with Crippen molar-refractivity contribution in [3.63, 3.8) is 0 Å². The van der Waals surface area contributed by atoms with Crippen LogP contribution in [0.2, 0.25) is 0 Å². The van der Waals surface area contributed by atoms with E-state index >= 15 is 0 Å². The number of allylic oxidation sites excluding steroid dienone is 1. The molecule has 0 bridgehead atoms. The molecule has 5 rings (SSSR count). The Morgan fingerprint density at radius 1 is 1.00 bits per heavy atom. The van der Waals surface area contributed by atoms with Gasteiger partial charge in [0.25, 0.3) is 5.91 Å². The number of amides is 1. The minimum absolute atomic E-state index is 0.131. The molecule has 0 N–H and O–H groups in total. The van der Waals surface area contributed by atoms with Crippen LogP contribution in [-0.2, 0) is 0 Å². The van der Waals surface area contributed by atoms with E-state index in [1.54, 1.807) is 29.5 Å². The predicted molar refractivity (Wildman–Crippen MR) is 141 cm³/mol. The van der Waals surface area contributed by atoms with Gasteiger partial charge >= 0.3 is 0 Å². The van der Waals surface area contributed by atoms with Gasteiger partial charge in [-0.3, -0.25) is 9.78 Å². The summed E-state index contributed by atoms with van der Waals surface area (Å²) in [5, 5.41) is 6.65. The van der Waals surface area contributed by atoms with Gasteiger partial charge < -0.3 is 9.47 Å². The molecule has 0 radical (unpaired) electrons. The smallest absolute Gasteiger partial charge is 0.276 e. The Labute approximate surface area is 212 Å². The average Bonchev–Trinajstić information content (AvgIpc) is 3.31. The second-order valence-corrected chi connectivity index (χ2v) is 8.99. The fourth-order valence-electron chi connectivity index (χ4n) is 5.08. The summed E-state index contributed by atoms with van der Waals surface area (Å²) in [5.74, 6) is 1.68. The summed E-state index contributed by atoms with van der Waals surface area (Å²) in [5.41, 5.74) is 4.89. The van der Waals surface area contributed by atoms with Crippen LogP contribution in [0.5, 0.6) is 11.5 Å². The van der Waals surface area contributed by atoms with Crippen molar-refractivity contribution in [3.05, 3.63) is 95.3 Å². The summed E-state index contributed by atoms with van der Waals surface area (Å²) in [7, 11) is 0. The highest BCUT2D eigenvalue weighted by Gasteiger charge is 2.44. The SMILES string of the molecule is CCOc1ccc(/C=C2/CCC[C@@H]3C2=NN(C(=O)c2cccnc2)[C@H]3c2ccc(OCC)cc2)cc1. The van der Waals surface area contributed by atoms with Crippen molar-refractivity contribution in [3.8, 4) is 11.5 Å². The average molecular weight is 482 g/mol. The zero-order valence-electron chi connectivity index (χ0n) is 20.8. The maximum atomic E-state index is 13.6. The lowest BCUT2D eigenvalue weighted by molar-refractivity contribution is 0.0680. The van der Waals surface area contributed by atoms with Gasteiger partial charge in [0.2, 0.25) is 0 Å². The number of benzene rings is 2. The largest absolute Gasteiger partial charge is 0.494 e. The Morgan fingerprint density at radius 3 is 2.33 bits per heavy atom.